The Balaban J connectivity index is 1.66. The Kier molecular flexibility index (Phi) is 4.86. The van der Waals surface area contributed by atoms with Crippen LogP contribution in [-0.4, -0.2) is 36.3 Å². The number of ether oxygens (including phenoxy) is 1. The van der Waals surface area contributed by atoms with E-state index in [1.165, 1.54) is 4.90 Å². The van der Waals surface area contributed by atoms with E-state index in [1.807, 2.05) is 29.2 Å². The lowest BCUT2D eigenvalue weighted by molar-refractivity contribution is -0.130. The highest BCUT2D eigenvalue weighted by Crippen LogP contribution is 2.35. The number of hydrogen-bond acceptors (Lipinski definition) is 3. The number of fused-ring (bicyclic) bond motifs is 1. The molecule has 0 bridgehead atoms. The average Bonchev–Trinajstić information content (AvgIpc) is 3.20. The van der Waals surface area contributed by atoms with Gasteiger partial charge in [0.25, 0.3) is 5.91 Å². The average molecular weight is 383 g/mol. The minimum absolute atomic E-state index is 0.00604. The smallest absolute Gasteiger partial charge is 0.294 e. The maximum atomic E-state index is 13.1. The second kappa shape index (κ2) is 7.45. The van der Waals surface area contributed by atoms with Crippen molar-refractivity contribution in [3.05, 3.63) is 64.9 Å². The van der Waals surface area contributed by atoms with Gasteiger partial charge in [-0.15, -0.1) is 0 Å². The summed E-state index contributed by atoms with van der Waals surface area (Å²) in [6, 6.07) is 14.4. The zero-order valence-corrected chi connectivity index (χ0v) is 15.5. The molecule has 0 saturated carbocycles. The molecule has 0 unspecified atom stereocenters. The standard InChI is InChI=1S/C21H19ClN2O3/c22-16-7-5-6-15(12-16)13-19-21(26)24(14-20(25)23-10-3-4-11-23)17-8-1-2-9-18(17)27-19/h1-2,5-9,12-13H,3-4,10-11,14H2/b19-13+. The van der Waals surface area contributed by atoms with Crippen molar-refractivity contribution >= 4 is 35.2 Å². The number of nitrogens with zero attached hydrogens (tertiary/aromatic N) is 2. The van der Waals surface area contributed by atoms with Gasteiger partial charge >= 0.3 is 0 Å². The lowest BCUT2D eigenvalue weighted by Gasteiger charge is -2.31. The Morgan fingerprint density at radius 1 is 1.11 bits per heavy atom. The van der Waals surface area contributed by atoms with Crippen molar-refractivity contribution in [3.8, 4) is 5.75 Å². The molecular weight excluding hydrogens is 364 g/mol. The highest BCUT2D eigenvalue weighted by atomic mass is 35.5. The van der Waals surface area contributed by atoms with Gasteiger partial charge in [-0.3, -0.25) is 14.5 Å². The van der Waals surface area contributed by atoms with Crippen LogP contribution in [0.1, 0.15) is 18.4 Å². The Bertz CT molecular complexity index is 919. The third-order valence-corrected chi connectivity index (χ3v) is 4.97. The van der Waals surface area contributed by atoms with E-state index in [-0.39, 0.29) is 24.1 Å². The first-order valence-corrected chi connectivity index (χ1v) is 9.33. The molecule has 2 aliphatic rings. The molecule has 138 valence electrons. The minimum atomic E-state index is -0.332. The van der Waals surface area contributed by atoms with Gasteiger partial charge in [-0.1, -0.05) is 35.9 Å². The second-order valence-corrected chi connectivity index (χ2v) is 7.05. The van der Waals surface area contributed by atoms with Gasteiger partial charge < -0.3 is 9.64 Å². The highest BCUT2D eigenvalue weighted by Gasteiger charge is 2.33. The first-order valence-electron chi connectivity index (χ1n) is 8.95. The molecule has 0 aliphatic carbocycles. The molecule has 0 atom stereocenters. The molecule has 1 saturated heterocycles. The van der Waals surface area contributed by atoms with Crippen LogP contribution in [-0.2, 0) is 9.59 Å². The molecule has 6 heteroatoms. The van der Waals surface area contributed by atoms with Gasteiger partial charge in [0.1, 0.15) is 6.54 Å². The molecule has 2 aromatic carbocycles. The minimum Gasteiger partial charge on any atom is -0.449 e. The van der Waals surface area contributed by atoms with E-state index in [0.29, 0.717) is 16.5 Å². The molecule has 0 aromatic heterocycles. The van der Waals surface area contributed by atoms with Crippen LogP contribution in [0.25, 0.3) is 6.08 Å². The largest absolute Gasteiger partial charge is 0.449 e. The SMILES string of the molecule is O=C(CN1C(=O)/C(=C\c2cccc(Cl)c2)Oc2ccccc21)N1CCCC1. The zero-order valence-electron chi connectivity index (χ0n) is 14.7. The normalized spacial score (nSPS) is 17.8. The zero-order chi connectivity index (χ0) is 18.8. The maximum Gasteiger partial charge on any atom is 0.294 e. The molecule has 2 amide bonds. The van der Waals surface area contributed by atoms with Crippen LogP contribution in [0.2, 0.25) is 5.02 Å². The predicted molar refractivity (Wildman–Crippen MR) is 105 cm³/mol. The highest BCUT2D eigenvalue weighted by molar-refractivity contribution is 6.30. The van der Waals surface area contributed by atoms with Gasteiger partial charge in [0.2, 0.25) is 5.91 Å². The Hall–Kier alpha value is -2.79. The summed E-state index contributed by atoms with van der Waals surface area (Å²) in [5.74, 6) is 0.352. The first kappa shape index (κ1) is 17.6. The van der Waals surface area contributed by atoms with Crippen molar-refractivity contribution in [1.29, 1.82) is 0 Å². The van der Waals surface area contributed by atoms with Crippen LogP contribution >= 0.6 is 11.6 Å². The van der Waals surface area contributed by atoms with Gasteiger partial charge in [-0.25, -0.2) is 0 Å². The number of halogens is 1. The summed E-state index contributed by atoms with van der Waals surface area (Å²) in [5, 5.41) is 0.578. The number of hydrogen-bond donors (Lipinski definition) is 0. The summed E-state index contributed by atoms with van der Waals surface area (Å²) in [6.45, 7) is 1.51. The molecule has 1 fully saturated rings. The molecule has 2 aromatic rings. The number of carbonyl (C=O) groups excluding carboxylic acids is 2. The van der Waals surface area contributed by atoms with Gasteiger partial charge in [-0.2, -0.15) is 0 Å². The van der Waals surface area contributed by atoms with Crippen molar-refractivity contribution in [2.45, 2.75) is 12.8 Å². The van der Waals surface area contributed by atoms with Crippen LogP contribution in [0.4, 0.5) is 5.69 Å². The topological polar surface area (TPSA) is 49.9 Å². The summed E-state index contributed by atoms with van der Waals surface area (Å²) < 4.78 is 5.83. The summed E-state index contributed by atoms with van der Waals surface area (Å²) in [6.07, 6.45) is 3.68. The van der Waals surface area contributed by atoms with Crippen molar-refractivity contribution in [3.63, 3.8) is 0 Å². The van der Waals surface area contributed by atoms with Crippen LogP contribution < -0.4 is 9.64 Å². The van der Waals surface area contributed by atoms with Gasteiger partial charge in [-0.05, 0) is 48.7 Å². The fourth-order valence-corrected chi connectivity index (χ4v) is 3.57. The van der Waals surface area contributed by atoms with Gasteiger partial charge in [0.15, 0.2) is 11.5 Å². The molecule has 2 heterocycles. The number of carbonyl (C=O) groups is 2. The summed E-state index contributed by atoms with van der Waals surface area (Å²) in [7, 11) is 0. The van der Waals surface area contributed by atoms with Crippen LogP contribution in [0, 0.1) is 0 Å². The van der Waals surface area contributed by atoms with Crippen molar-refractivity contribution in [1.82, 2.24) is 4.90 Å². The van der Waals surface area contributed by atoms with E-state index in [0.717, 1.165) is 31.5 Å². The van der Waals surface area contributed by atoms with E-state index in [1.54, 1.807) is 30.3 Å². The van der Waals surface area contributed by atoms with Crippen LogP contribution in [0.15, 0.2) is 54.3 Å². The second-order valence-electron chi connectivity index (χ2n) is 6.61. The molecule has 5 nitrogen and oxygen atoms in total. The fraction of sp³-hybridized carbons (Fsp3) is 0.238. The number of anilines is 1. The molecule has 4 rings (SSSR count). The van der Waals surface area contributed by atoms with E-state index in [9.17, 15) is 9.59 Å². The number of benzene rings is 2. The summed E-state index contributed by atoms with van der Waals surface area (Å²) >= 11 is 6.03. The number of rotatable bonds is 3. The number of para-hydroxylation sites is 2. The van der Waals surface area contributed by atoms with E-state index < -0.39 is 0 Å². The van der Waals surface area contributed by atoms with Crippen molar-refractivity contribution in [2.24, 2.45) is 0 Å². The van der Waals surface area contributed by atoms with E-state index in [4.69, 9.17) is 16.3 Å². The Morgan fingerprint density at radius 2 is 1.89 bits per heavy atom. The molecule has 0 radical (unpaired) electrons. The lowest BCUT2D eigenvalue weighted by Crippen LogP contribution is -2.45. The van der Waals surface area contributed by atoms with Crippen LogP contribution in [0.5, 0.6) is 5.75 Å². The molecule has 27 heavy (non-hydrogen) atoms. The Labute approximate surface area is 162 Å². The summed E-state index contributed by atoms with van der Waals surface area (Å²) in [4.78, 5) is 29.0. The van der Waals surface area contributed by atoms with Crippen molar-refractivity contribution in [2.75, 3.05) is 24.5 Å². The molecule has 2 aliphatic heterocycles. The maximum absolute atomic E-state index is 13.1. The Morgan fingerprint density at radius 3 is 2.67 bits per heavy atom. The van der Waals surface area contributed by atoms with Crippen LogP contribution in [0.3, 0.4) is 0 Å². The van der Waals surface area contributed by atoms with E-state index >= 15 is 0 Å². The molecule has 0 N–H and O–H groups in total. The molecular formula is C21H19ClN2O3. The van der Waals surface area contributed by atoms with Crippen molar-refractivity contribution < 1.29 is 14.3 Å². The van der Waals surface area contributed by atoms with Gasteiger partial charge in [0, 0.05) is 18.1 Å². The third-order valence-electron chi connectivity index (χ3n) is 4.73. The first-order chi connectivity index (χ1) is 13.1. The lowest BCUT2D eigenvalue weighted by atomic mass is 10.1. The monoisotopic (exact) mass is 382 g/mol. The molecule has 0 spiro atoms. The van der Waals surface area contributed by atoms with Gasteiger partial charge in [0.05, 0.1) is 5.69 Å². The number of amides is 2. The fourth-order valence-electron chi connectivity index (χ4n) is 3.37. The quantitative estimate of drug-likeness (QED) is 0.760. The predicted octanol–water partition coefficient (Wildman–Crippen LogP) is 3.73. The third kappa shape index (κ3) is 3.69. The van der Waals surface area contributed by atoms with E-state index in [2.05, 4.69) is 0 Å². The summed E-state index contributed by atoms with van der Waals surface area (Å²) in [5.41, 5.74) is 1.37. The number of likely N-dealkylation sites (tertiary alicyclic amines) is 1.